The molecule has 0 aromatic heterocycles. The number of hydrogen-bond acceptors (Lipinski definition) is 8. The Bertz CT molecular complexity index is 441. The van der Waals surface area contributed by atoms with Crippen LogP contribution in [0, 0.1) is 0 Å². The summed E-state index contributed by atoms with van der Waals surface area (Å²) in [5.41, 5.74) is 0. The Labute approximate surface area is 143 Å². The molecule has 112 valence electrons. The van der Waals surface area contributed by atoms with Crippen LogP contribution in [0.4, 0.5) is 0 Å². The quantitative estimate of drug-likeness (QED) is 0.176. The van der Waals surface area contributed by atoms with Gasteiger partial charge in [-0.25, -0.2) is 4.79 Å². The first-order valence-corrected chi connectivity index (χ1v) is 5.47. The maximum atomic E-state index is 10.5. The van der Waals surface area contributed by atoms with Gasteiger partial charge in [0.05, 0.1) is 12.6 Å². The van der Waals surface area contributed by atoms with E-state index in [4.69, 9.17) is 20.4 Å². The van der Waals surface area contributed by atoms with E-state index in [-0.39, 0.29) is 29.6 Å². The van der Waals surface area contributed by atoms with Gasteiger partial charge in [0.25, 0.3) is 0 Å². The van der Waals surface area contributed by atoms with Crippen molar-refractivity contribution in [2.75, 3.05) is 6.61 Å². The molecular formula is C12H15NaO8. The Hall–Kier alpha value is -1.32. The van der Waals surface area contributed by atoms with E-state index in [1.807, 2.05) is 0 Å². The molecule has 9 heteroatoms. The number of carbonyl (C=O) groups is 2. The summed E-state index contributed by atoms with van der Waals surface area (Å²) < 4.78 is 4.32. The van der Waals surface area contributed by atoms with E-state index in [0.29, 0.717) is 0 Å². The fourth-order valence-corrected chi connectivity index (χ4v) is 1.07. The normalized spacial score (nSPS) is 19.0. The van der Waals surface area contributed by atoms with Crippen LogP contribution in [0.2, 0.25) is 0 Å². The van der Waals surface area contributed by atoms with E-state index in [2.05, 4.69) is 4.74 Å². The molecule has 21 heavy (non-hydrogen) atoms. The number of hydrogen-bond donors (Lipinski definition) is 4. The molecule has 0 spiro atoms. The van der Waals surface area contributed by atoms with Crippen LogP contribution in [0.5, 0.6) is 0 Å². The topological polar surface area (TPSA) is 147 Å². The smallest absolute Gasteiger partial charge is 0.545 e. The van der Waals surface area contributed by atoms with Gasteiger partial charge in [0, 0.05) is 0 Å². The number of aliphatic hydroxyl groups is 4. The van der Waals surface area contributed by atoms with Gasteiger partial charge in [-0.15, -0.1) is 0 Å². The molecule has 2 atom stereocenters. The van der Waals surface area contributed by atoms with Crippen LogP contribution in [0.1, 0.15) is 6.92 Å². The average molecular weight is 310 g/mol. The molecule has 8 nitrogen and oxygen atoms in total. The zero-order valence-electron chi connectivity index (χ0n) is 11.6. The summed E-state index contributed by atoms with van der Waals surface area (Å²) in [4.78, 5) is 20.2. The van der Waals surface area contributed by atoms with Gasteiger partial charge < -0.3 is 35.1 Å². The summed E-state index contributed by atoms with van der Waals surface area (Å²) in [6, 6.07) is 0. The van der Waals surface area contributed by atoms with Crippen LogP contribution >= 0.6 is 0 Å². The molecule has 0 aliphatic carbocycles. The zero-order valence-corrected chi connectivity index (χ0v) is 13.6. The molecule has 0 unspecified atom stereocenters. The van der Waals surface area contributed by atoms with Gasteiger partial charge in [-0.05, 0) is 13.0 Å². The van der Waals surface area contributed by atoms with Crippen molar-refractivity contribution in [2.24, 2.45) is 0 Å². The van der Waals surface area contributed by atoms with Gasteiger partial charge in [-0.3, -0.25) is 0 Å². The second kappa shape index (κ2) is 11.4. The number of ether oxygens (including phenoxy) is 1. The van der Waals surface area contributed by atoms with E-state index in [1.54, 1.807) is 19.1 Å². The largest absolute Gasteiger partial charge is 1.00 e. The summed E-state index contributed by atoms with van der Waals surface area (Å²) in [5.74, 6) is -3.94. The third-order valence-electron chi connectivity index (χ3n) is 2.01. The first kappa shape index (κ1) is 22.0. The summed E-state index contributed by atoms with van der Waals surface area (Å²) in [7, 11) is 0. The van der Waals surface area contributed by atoms with Crippen molar-refractivity contribution in [3.05, 3.63) is 35.8 Å². The maximum Gasteiger partial charge on any atom is 1.00 e. The van der Waals surface area contributed by atoms with E-state index < -0.39 is 42.3 Å². The first-order valence-electron chi connectivity index (χ1n) is 5.47. The molecule has 0 saturated carbocycles. The number of rotatable bonds is 4. The maximum absolute atomic E-state index is 10.5. The molecule has 0 aromatic carbocycles. The van der Waals surface area contributed by atoms with Crippen molar-refractivity contribution in [3.8, 4) is 0 Å². The number of aliphatic hydroxyl groups excluding tert-OH is 4. The van der Waals surface area contributed by atoms with E-state index in [9.17, 15) is 14.7 Å². The predicted octanol–water partition coefficient (Wildman–Crippen LogP) is -4.53. The zero-order chi connectivity index (χ0) is 15.7. The van der Waals surface area contributed by atoms with Crippen LogP contribution in [0.25, 0.3) is 0 Å². The van der Waals surface area contributed by atoms with E-state index >= 15 is 0 Å². The minimum absolute atomic E-state index is 0. The molecule has 0 fully saturated rings. The average Bonchev–Trinajstić information content (AvgIpc) is 2.66. The van der Waals surface area contributed by atoms with Gasteiger partial charge >= 0.3 is 35.5 Å². The SMILES string of the molecule is CC=CC=CC(=O)[O-].O=C1O[C@H]([C@@H](O)CO)C(O)=C1O.[Na+]. The second-order valence-electron chi connectivity index (χ2n) is 3.51. The summed E-state index contributed by atoms with van der Waals surface area (Å²) in [6.07, 6.45) is 2.96. The number of aliphatic carboxylic acids is 1. The van der Waals surface area contributed by atoms with E-state index in [0.717, 1.165) is 6.08 Å². The molecule has 0 amide bonds. The van der Waals surface area contributed by atoms with Gasteiger partial charge in [-0.2, -0.15) is 0 Å². The third kappa shape index (κ3) is 7.88. The molecule has 0 bridgehead atoms. The minimum Gasteiger partial charge on any atom is -0.545 e. The van der Waals surface area contributed by atoms with Gasteiger partial charge in [0.15, 0.2) is 11.9 Å². The monoisotopic (exact) mass is 310 g/mol. The fourth-order valence-electron chi connectivity index (χ4n) is 1.07. The molecule has 1 rings (SSSR count). The molecule has 1 aliphatic heterocycles. The number of carboxylic acid groups (broad SMARTS) is 1. The summed E-state index contributed by atoms with van der Waals surface area (Å²) >= 11 is 0. The fraction of sp³-hybridized carbons (Fsp3) is 0.333. The second-order valence-corrected chi connectivity index (χ2v) is 3.51. The van der Waals surface area contributed by atoms with Gasteiger partial charge in [-0.1, -0.05) is 18.2 Å². The van der Waals surface area contributed by atoms with Crippen LogP contribution in [0.3, 0.4) is 0 Å². The molecule has 0 radical (unpaired) electrons. The van der Waals surface area contributed by atoms with Gasteiger partial charge in [0.2, 0.25) is 5.76 Å². The Morgan fingerprint density at radius 3 is 2.33 bits per heavy atom. The molecule has 0 aromatic rings. The molecule has 0 saturated heterocycles. The van der Waals surface area contributed by atoms with Crippen LogP contribution < -0.4 is 34.7 Å². The predicted molar refractivity (Wildman–Crippen MR) is 64.2 cm³/mol. The van der Waals surface area contributed by atoms with Gasteiger partial charge in [0.1, 0.15) is 6.10 Å². The number of esters is 1. The molecular weight excluding hydrogens is 295 g/mol. The van der Waals surface area contributed by atoms with Crippen LogP contribution in [-0.4, -0.2) is 51.2 Å². The van der Waals surface area contributed by atoms with Crippen molar-refractivity contribution in [2.45, 2.75) is 19.1 Å². The third-order valence-corrected chi connectivity index (χ3v) is 2.01. The number of carbonyl (C=O) groups excluding carboxylic acids is 2. The summed E-state index contributed by atoms with van der Waals surface area (Å²) in [5, 5.41) is 44.7. The van der Waals surface area contributed by atoms with Crippen molar-refractivity contribution in [1.29, 1.82) is 0 Å². The Morgan fingerprint density at radius 2 is 2.00 bits per heavy atom. The standard InChI is InChI=1S/C6H8O6.C6H8O2.Na/c7-1-2(8)5-3(9)4(10)6(11)12-5;1-2-3-4-5-6(7)8;/h2,5,7-10H,1H2;2-5H,1H3,(H,7,8);/q;;+1/p-1/t2-,5+;;/m0../s1. The number of cyclic esters (lactones) is 1. The molecule has 4 N–H and O–H groups in total. The van der Waals surface area contributed by atoms with Crippen molar-refractivity contribution in [1.82, 2.24) is 0 Å². The van der Waals surface area contributed by atoms with E-state index in [1.165, 1.54) is 6.08 Å². The Kier molecular flexibility index (Phi) is 11.9. The minimum atomic E-state index is -1.42. The Balaban J connectivity index is 0. The van der Waals surface area contributed by atoms with Crippen molar-refractivity contribution < 1.29 is 69.4 Å². The van der Waals surface area contributed by atoms with Crippen LogP contribution in [0.15, 0.2) is 35.8 Å². The summed E-state index contributed by atoms with van der Waals surface area (Å²) in [6.45, 7) is 1.13. The van der Waals surface area contributed by atoms with Crippen molar-refractivity contribution in [3.63, 3.8) is 0 Å². The first-order chi connectivity index (χ1) is 9.34. The number of carboxylic acids is 1. The van der Waals surface area contributed by atoms with Crippen LogP contribution in [-0.2, 0) is 14.3 Å². The molecule has 1 aliphatic rings. The number of allylic oxidation sites excluding steroid dienone is 3. The Morgan fingerprint density at radius 1 is 1.43 bits per heavy atom. The molecule has 1 heterocycles. The van der Waals surface area contributed by atoms with Crippen molar-refractivity contribution >= 4 is 11.9 Å².